The van der Waals surface area contributed by atoms with Gasteiger partial charge in [-0.05, 0) is 130 Å². The van der Waals surface area contributed by atoms with Gasteiger partial charge in [0.1, 0.15) is 16.2 Å². The molecule has 4 aromatic rings. The number of hydrogen-bond donors (Lipinski definition) is 6. The van der Waals surface area contributed by atoms with Crippen LogP contribution in [0.25, 0.3) is 33.4 Å². The number of ether oxygens (including phenoxy) is 12. The van der Waals surface area contributed by atoms with Crippen LogP contribution in [0.4, 0.5) is 5.69 Å². The highest BCUT2D eigenvalue weighted by Crippen LogP contribution is 2.43. The van der Waals surface area contributed by atoms with Gasteiger partial charge < -0.3 is 81.9 Å². The SMILES string of the molecule is CN(CCCC(=O)NCCOCCOCCCOCCCOCCCOCCCOCCCOCCCOCCCOCCCOCCCOCCCOCCC(=O)O)C(=O)c1ccccc1-c1c2cc(S(=O)(=O)O)c(=NCc3ccc(S(=O)(=O)O)cc3)cc-2oc2cc(NCc3ccccc3S(=O)(=O)O)ccc12.O=S(=O)=O.O=S(=O)=O.O=S(=O)=O. The van der Waals surface area contributed by atoms with Crippen molar-refractivity contribution in [2.75, 3.05) is 184 Å². The van der Waals surface area contributed by atoms with Crippen LogP contribution >= 0.6 is 0 Å². The van der Waals surface area contributed by atoms with Gasteiger partial charge in [0, 0.05) is 205 Å². The fourth-order valence-corrected chi connectivity index (χ4v) is 12.7. The van der Waals surface area contributed by atoms with E-state index in [9.17, 15) is 53.3 Å². The van der Waals surface area contributed by atoms with E-state index in [1.54, 1.807) is 55.6 Å². The molecule has 1 aliphatic heterocycles. The van der Waals surface area contributed by atoms with Gasteiger partial charge in [-0.3, -0.25) is 33.0 Å². The van der Waals surface area contributed by atoms with Gasteiger partial charge in [-0.25, -0.2) is 0 Å². The minimum atomic E-state index is -5.00. The molecule has 39 nitrogen and oxygen atoms in total. The summed E-state index contributed by atoms with van der Waals surface area (Å²) in [5.41, 5.74) is 2.43. The molecule has 2 aliphatic rings. The van der Waals surface area contributed by atoms with Gasteiger partial charge in [0.05, 0.1) is 54.5 Å². The Morgan fingerprint density at radius 2 is 0.843 bits per heavy atom. The lowest BCUT2D eigenvalue weighted by Crippen LogP contribution is -2.31. The van der Waals surface area contributed by atoms with Crippen molar-refractivity contribution in [2.45, 2.75) is 111 Å². The molecule has 1 aliphatic carbocycles. The summed E-state index contributed by atoms with van der Waals surface area (Å²) < 4.78 is 254. The normalized spacial score (nSPS) is 11.6. The van der Waals surface area contributed by atoms with Crippen LogP contribution in [-0.2, 0) is 142 Å². The second-order valence-corrected chi connectivity index (χ2v) is 31.1. The third-order valence-corrected chi connectivity index (χ3v) is 19.0. The number of rotatable bonds is 63. The van der Waals surface area contributed by atoms with Crippen LogP contribution in [-0.4, -0.2) is 283 Å². The van der Waals surface area contributed by atoms with Crippen molar-refractivity contribution in [3.8, 4) is 22.5 Å². The Balaban J connectivity index is 0.00000294. The predicted octanol–water partition coefficient (Wildman–Crippen LogP) is 6.19. The Labute approximate surface area is 708 Å². The number of hydrogen-bond acceptors (Lipinski definition) is 33. The molecule has 0 unspecified atom stereocenters. The van der Waals surface area contributed by atoms with E-state index in [4.69, 9.17) is 104 Å². The van der Waals surface area contributed by atoms with E-state index in [0.717, 1.165) is 76.3 Å². The van der Waals surface area contributed by atoms with Crippen LogP contribution in [0.2, 0.25) is 0 Å². The molecule has 2 amide bonds. The Kier molecular flexibility index (Phi) is 56.4. The minimum absolute atomic E-state index is 0.0209. The number of carbonyl (C=O) groups excluding carboxylic acids is 2. The van der Waals surface area contributed by atoms with E-state index < -0.39 is 79.0 Å². The zero-order valence-corrected chi connectivity index (χ0v) is 72.0. The number of fused-ring (bicyclic) bond motifs is 2. The number of nitrogens with one attached hydrogen (secondary N) is 2. The van der Waals surface area contributed by atoms with Crippen molar-refractivity contribution in [1.29, 1.82) is 0 Å². The first kappa shape index (κ1) is 107. The van der Waals surface area contributed by atoms with Gasteiger partial charge in [-0.2, -0.15) is 25.3 Å². The average Bonchev–Trinajstić information content (AvgIpc) is 0.736. The van der Waals surface area contributed by atoms with Gasteiger partial charge in [0.15, 0.2) is 0 Å². The highest BCUT2D eigenvalue weighted by Gasteiger charge is 2.27. The van der Waals surface area contributed by atoms with Crippen LogP contribution < -0.4 is 16.0 Å². The monoisotopic (exact) mass is 1830 g/mol. The first-order valence-electron chi connectivity index (χ1n) is 38.3. The smallest absolute Gasteiger partial charge is 0.425 e. The molecule has 0 radical (unpaired) electrons. The van der Waals surface area contributed by atoms with Crippen LogP contribution in [0.5, 0.6) is 0 Å². The molecule has 1 heterocycles. The number of carboxylic acids is 1. The number of nitrogens with zero attached hydrogens (tertiary/aromatic N) is 2. The van der Waals surface area contributed by atoms with Gasteiger partial charge in [-0.15, -0.1) is 37.9 Å². The van der Waals surface area contributed by atoms with Crippen LogP contribution in [0, 0.1) is 0 Å². The molecule has 6 N–H and O–H groups in total. The molecule has 0 saturated heterocycles. The highest BCUT2D eigenvalue weighted by atomic mass is 32.2. The van der Waals surface area contributed by atoms with Crippen LogP contribution in [0.1, 0.15) is 105 Å². The maximum absolute atomic E-state index is 14.5. The minimum Gasteiger partial charge on any atom is -0.481 e. The fourth-order valence-electron chi connectivity index (χ4n) is 10.8. The van der Waals surface area contributed by atoms with Crippen molar-refractivity contribution >= 4 is 96.6 Å². The van der Waals surface area contributed by atoms with Crippen molar-refractivity contribution < 1.29 is 158 Å². The first-order valence-corrected chi connectivity index (χ1v) is 45.7. The summed E-state index contributed by atoms with van der Waals surface area (Å²) in [4.78, 5) is 42.4. The second-order valence-electron chi connectivity index (χ2n) is 25.7. The number of amides is 2. The summed E-state index contributed by atoms with van der Waals surface area (Å²) in [7, 11) is -21.8. The lowest BCUT2D eigenvalue weighted by molar-refractivity contribution is -0.138. The van der Waals surface area contributed by atoms with Crippen molar-refractivity contribution in [2.24, 2.45) is 4.99 Å². The molecule has 4 aromatic carbocycles. The maximum Gasteiger partial charge on any atom is 0.425 e. The Bertz CT molecular complexity index is 4690. The summed E-state index contributed by atoms with van der Waals surface area (Å²) in [5.74, 6) is -1.44. The van der Waals surface area contributed by atoms with Crippen molar-refractivity contribution in [1.82, 2.24) is 10.2 Å². The summed E-state index contributed by atoms with van der Waals surface area (Å²) in [6.07, 6.45) is 8.54. The third-order valence-electron chi connectivity index (χ3n) is 16.3. The number of carbonyl (C=O) groups is 3. The molecule has 0 spiro atoms. The summed E-state index contributed by atoms with van der Waals surface area (Å²) in [6.45, 7) is 13.9. The largest absolute Gasteiger partial charge is 0.481 e. The van der Waals surface area contributed by atoms with Gasteiger partial charge in [0.25, 0.3) is 36.3 Å². The third kappa shape index (κ3) is 50.9. The van der Waals surface area contributed by atoms with Crippen molar-refractivity contribution in [3.63, 3.8) is 0 Å². The fraction of sp³-hybridized carbons (Fsp3) is 0.553. The molecular formula is C76H108N4O35S6. The summed E-state index contributed by atoms with van der Waals surface area (Å²) in [6, 6.07) is 25.1. The van der Waals surface area contributed by atoms with E-state index in [0.29, 0.717) is 180 Å². The average molecular weight is 1830 g/mol. The first-order chi connectivity index (χ1) is 57.9. The number of aliphatic carboxylic acids is 1. The molecule has 121 heavy (non-hydrogen) atoms. The molecule has 45 heteroatoms. The second kappa shape index (κ2) is 63.8. The Morgan fingerprint density at radius 3 is 1.27 bits per heavy atom. The molecule has 0 fully saturated rings. The van der Waals surface area contributed by atoms with Gasteiger partial charge >= 0.3 is 37.8 Å². The predicted molar refractivity (Wildman–Crippen MR) is 434 cm³/mol. The molecule has 0 aromatic heterocycles. The van der Waals surface area contributed by atoms with Gasteiger partial charge in [-0.1, -0.05) is 48.5 Å². The molecule has 0 atom stereocenters. The van der Waals surface area contributed by atoms with Gasteiger partial charge in [0.2, 0.25) is 5.91 Å². The van der Waals surface area contributed by atoms with Crippen LogP contribution in [0.15, 0.2) is 127 Å². The lowest BCUT2D eigenvalue weighted by atomic mass is 9.90. The zero-order valence-electron chi connectivity index (χ0n) is 67.1. The Hall–Kier alpha value is -8.11. The lowest BCUT2D eigenvalue weighted by Gasteiger charge is -2.22. The summed E-state index contributed by atoms with van der Waals surface area (Å²) in [5, 5.41) is 14.7. The maximum atomic E-state index is 14.5. The number of carboxylic acid groups (broad SMARTS) is 1. The molecule has 6 rings (SSSR count). The van der Waals surface area contributed by atoms with Crippen molar-refractivity contribution in [3.05, 3.63) is 125 Å². The quantitative estimate of drug-likeness (QED) is 0.0141. The summed E-state index contributed by atoms with van der Waals surface area (Å²) >= 11 is 0. The zero-order chi connectivity index (χ0) is 89.0. The number of anilines is 1. The highest BCUT2D eigenvalue weighted by molar-refractivity contribution is 7.86. The topological polar surface area (TPSA) is 552 Å². The molecule has 0 bridgehead atoms. The van der Waals surface area contributed by atoms with E-state index in [2.05, 4.69) is 15.6 Å². The molecular weight excluding hydrogens is 1720 g/mol. The van der Waals surface area contributed by atoms with Crippen LogP contribution in [0.3, 0.4) is 0 Å². The van der Waals surface area contributed by atoms with E-state index in [1.807, 2.05) is 0 Å². The number of benzene rings is 5. The molecule has 678 valence electrons. The molecule has 0 saturated carbocycles. The van der Waals surface area contributed by atoms with E-state index in [1.165, 1.54) is 47.4 Å². The standard InChI is InChI=1S/C76H108N4O26S3.3O3S/c1-80(76(84)65-19-4-3-18-64(65)75-66-27-24-62(78-59-61-17-2-5-20-71(61)108(88,89)90)55-69(66)106-70-57-68(72(56-67(70)75)109(91,92)93)79-58-60-22-25-63(26-23-60)107(85,86)87)30-6-21-73(81)77-29-52-105-54-53-104-50-16-48-102-46-14-44-100-42-12-40-98-38-10-36-96-34-8-32-94-31-7-33-95-35-9-37-97-39-11-41-99-43-13-45-101-47-15-49-103-51-28-74(82)83;3*1-4(2)3/h2-5,17-20,22-27,55-57,78H,6-16,21,28-54,58-59H2,1H3,(H,77,81)(H,82,83)(H,85,86,87)(H,88,89,90)(H,91,92,93);;;. The Morgan fingerprint density at radius 1 is 0.438 bits per heavy atom. The van der Waals surface area contributed by atoms with E-state index >= 15 is 0 Å². The van der Waals surface area contributed by atoms with E-state index in [-0.39, 0.29) is 101 Å².